The van der Waals surface area contributed by atoms with Gasteiger partial charge in [-0.25, -0.2) is 23.1 Å². The second-order valence-corrected chi connectivity index (χ2v) is 6.63. The first-order valence-electron chi connectivity index (χ1n) is 6.99. The third-order valence-electron chi connectivity index (χ3n) is 3.29. The number of sulfonamides is 1. The van der Waals surface area contributed by atoms with Gasteiger partial charge in [-0.15, -0.1) is 0 Å². The minimum absolute atomic E-state index is 0.239. The molecule has 0 saturated heterocycles. The molecule has 0 aliphatic heterocycles. The zero-order valence-corrected chi connectivity index (χ0v) is 13.3. The Balaban J connectivity index is 1.61. The molecule has 0 amide bonds. The first-order chi connectivity index (χ1) is 11.1. The molecule has 8 nitrogen and oxygen atoms in total. The van der Waals surface area contributed by atoms with Crippen LogP contribution >= 0.6 is 0 Å². The van der Waals surface area contributed by atoms with Crippen molar-refractivity contribution >= 4 is 26.9 Å². The number of benzene rings is 1. The summed E-state index contributed by atoms with van der Waals surface area (Å²) in [5.41, 5.74) is 0.715. The molecule has 0 atom stereocenters. The monoisotopic (exact) mass is 332 g/mol. The van der Waals surface area contributed by atoms with Gasteiger partial charge >= 0.3 is 0 Å². The summed E-state index contributed by atoms with van der Waals surface area (Å²) < 4.78 is 28.4. The smallest absolute Gasteiger partial charge is 0.240 e. The Hall–Kier alpha value is -2.52. The van der Waals surface area contributed by atoms with E-state index in [4.69, 9.17) is 0 Å². The highest BCUT2D eigenvalue weighted by Gasteiger charge is 2.12. The molecule has 1 aromatic carbocycles. The number of aromatic nitrogens is 4. The molecular weight excluding hydrogens is 316 g/mol. The van der Waals surface area contributed by atoms with Crippen molar-refractivity contribution in [2.24, 2.45) is 7.05 Å². The van der Waals surface area contributed by atoms with Gasteiger partial charge in [0.1, 0.15) is 12.1 Å². The second kappa shape index (κ2) is 6.31. The van der Waals surface area contributed by atoms with Gasteiger partial charge in [0, 0.05) is 20.1 Å². The van der Waals surface area contributed by atoms with Crippen molar-refractivity contribution in [2.45, 2.75) is 4.90 Å². The Bertz CT molecular complexity index is 907. The molecule has 120 valence electrons. The average molecular weight is 332 g/mol. The van der Waals surface area contributed by atoms with Gasteiger partial charge in [0.05, 0.1) is 16.5 Å². The van der Waals surface area contributed by atoms with Crippen LogP contribution < -0.4 is 10.0 Å². The van der Waals surface area contributed by atoms with Crippen LogP contribution in [0.3, 0.4) is 0 Å². The van der Waals surface area contributed by atoms with Crippen LogP contribution in [-0.2, 0) is 17.1 Å². The molecule has 0 aliphatic rings. The van der Waals surface area contributed by atoms with Crippen molar-refractivity contribution < 1.29 is 8.42 Å². The molecule has 0 unspecified atom stereocenters. The van der Waals surface area contributed by atoms with E-state index in [0.717, 1.165) is 5.39 Å². The summed E-state index contributed by atoms with van der Waals surface area (Å²) in [7, 11) is -1.69. The van der Waals surface area contributed by atoms with Crippen molar-refractivity contribution in [2.75, 3.05) is 18.4 Å². The van der Waals surface area contributed by atoms with E-state index >= 15 is 0 Å². The van der Waals surface area contributed by atoms with Crippen LogP contribution in [0.5, 0.6) is 0 Å². The van der Waals surface area contributed by atoms with Crippen molar-refractivity contribution in [3.05, 3.63) is 42.9 Å². The minimum Gasteiger partial charge on any atom is -0.368 e. The standard InChI is InChI=1S/C14H16N6O2S/c1-20-14-12(9-18-20)13(16-10-17-14)15-7-8-19-23(21,22)11-5-3-2-4-6-11/h2-6,9-10,19H,7-8H2,1H3,(H,15,16,17). The molecule has 0 bridgehead atoms. The summed E-state index contributed by atoms with van der Waals surface area (Å²) in [5, 5.41) is 8.01. The zero-order valence-electron chi connectivity index (χ0n) is 12.5. The summed E-state index contributed by atoms with van der Waals surface area (Å²) in [6.45, 7) is 0.635. The van der Waals surface area contributed by atoms with E-state index in [2.05, 4.69) is 25.1 Å². The Morgan fingerprint density at radius 2 is 1.91 bits per heavy atom. The summed E-state index contributed by atoms with van der Waals surface area (Å²) in [6, 6.07) is 8.26. The van der Waals surface area contributed by atoms with E-state index in [1.54, 1.807) is 48.3 Å². The van der Waals surface area contributed by atoms with E-state index < -0.39 is 10.0 Å². The fraction of sp³-hybridized carbons (Fsp3) is 0.214. The predicted octanol–water partition coefficient (Wildman–Crippen LogP) is 0.754. The van der Waals surface area contributed by atoms with Gasteiger partial charge in [0.2, 0.25) is 10.0 Å². The number of hydrogen-bond donors (Lipinski definition) is 2. The van der Waals surface area contributed by atoms with Crippen LogP contribution in [0.2, 0.25) is 0 Å². The number of rotatable bonds is 6. The third-order valence-corrected chi connectivity index (χ3v) is 4.77. The molecule has 0 fully saturated rings. The van der Waals surface area contributed by atoms with Crippen LogP contribution in [0.25, 0.3) is 11.0 Å². The largest absolute Gasteiger partial charge is 0.368 e. The van der Waals surface area contributed by atoms with Gasteiger partial charge in [-0.05, 0) is 12.1 Å². The van der Waals surface area contributed by atoms with Crippen LogP contribution in [-0.4, -0.2) is 41.3 Å². The fourth-order valence-corrected chi connectivity index (χ4v) is 3.21. The normalized spacial score (nSPS) is 11.7. The van der Waals surface area contributed by atoms with Crippen molar-refractivity contribution in [3.8, 4) is 0 Å². The first-order valence-corrected chi connectivity index (χ1v) is 8.47. The maximum Gasteiger partial charge on any atom is 0.240 e. The number of fused-ring (bicyclic) bond motifs is 1. The molecule has 0 spiro atoms. The van der Waals surface area contributed by atoms with Gasteiger partial charge in [-0.3, -0.25) is 4.68 Å². The van der Waals surface area contributed by atoms with Gasteiger partial charge in [-0.1, -0.05) is 18.2 Å². The molecule has 0 saturated carbocycles. The van der Waals surface area contributed by atoms with Crippen LogP contribution in [0.4, 0.5) is 5.82 Å². The molecule has 0 aliphatic carbocycles. The number of hydrogen-bond acceptors (Lipinski definition) is 6. The molecule has 3 aromatic rings. The van der Waals surface area contributed by atoms with Gasteiger partial charge in [0.15, 0.2) is 5.65 Å². The topological polar surface area (TPSA) is 102 Å². The maximum absolute atomic E-state index is 12.1. The highest BCUT2D eigenvalue weighted by molar-refractivity contribution is 7.89. The van der Waals surface area contributed by atoms with E-state index in [9.17, 15) is 8.42 Å². The van der Waals surface area contributed by atoms with Gasteiger partial charge in [0.25, 0.3) is 0 Å². The van der Waals surface area contributed by atoms with Crippen molar-refractivity contribution in [3.63, 3.8) is 0 Å². The van der Waals surface area contributed by atoms with Gasteiger partial charge < -0.3 is 5.32 Å². The Labute approximate surface area is 133 Å². The minimum atomic E-state index is -3.49. The molecule has 0 radical (unpaired) electrons. The Morgan fingerprint density at radius 1 is 1.13 bits per heavy atom. The molecule has 2 N–H and O–H groups in total. The zero-order chi connectivity index (χ0) is 16.3. The highest BCUT2D eigenvalue weighted by atomic mass is 32.2. The van der Waals surface area contributed by atoms with E-state index in [1.807, 2.05) is 0 Å². The van der Waals surface area contributed by atoms with Crippen LogP contribution in [0.15, 0.2) is 47.8 Å². The van der Waals surface area contributed by atoms with Crippen molar-refractivity contribution in [1.29, 1.82) is 0 Å². The Morgan fingerprint density at radius 3 is 2.70 bits per heavy atom. The lowest BCUT2D eigenvalue weighted by atomic mass is 10.4. The molecule has 2 aromatic heterocycles. The SMILES string of the molecule is Cn1ncc2c(NCCNS(=O)(=O)c3ccccc3)ncnc21. The summed E-state index contributed by atoms with van der Waals surface area (Å²) >= 11 is 0. The summed E-state index contributed by atoms with van der Waals surface area (Å²) in [5.74, 6) is 0.627. The number of nitrogens with one attached hydrogen (secondary N) is 2. The molecule has 2 heterocycles. The highest BCUT2D eigenvalue weighted by Crippen LogP contribution is 2.17. The third kappa shape index (κ3) is 3.30. The summed E-state index contributed by atoms with van der Waals surface area (Å²) in [6.07, 6.45) is 3.12. The number of aryl methyl sites for hydroxylation is 1. The molecule has 9 heteroatoms. The van der Waals surface area contributed by atoms with Crippen LogP contribution in [0, 0.1) is 0 Å². The van der Waals surface area contributed by atoms with Crippen LogP contribution in [0.1, 0.15) is 0 Å². The lowest BCUT2D eigenvalue weighted by Gasteiger charge is -2.08. The molecule has 3 rings (SSSR count). The number of anilines is 1. The Kier molecular flexibility index (Phi) is 4.22. The van der Waals surface area contributed by atoms with E-state index in [-0.39, 0.29) is 11.4 Å². The second-order valence-electron chi connectivity index (χ2n) is 4.87. The fourth-order valence-electron chi connectivity index (χ4n) is 2.15. The van der Waals surface area contributed by atoms with Gasteiger partial charge in [-0.2, -0.15) is 5.10 Å². The number of nitrogens with zero attached hydrogens (tertiary/aromatic N) is 4. The lowest BCUT2D eigenvalue weighted by molar-refractivity contribution is 0.583. The molecular formula is C14H16N6O2S. The quantitative estimate of drug-likeness (QED) is 0.646. The predicted molar refractivity (Wildman–Crippen MR) is 86.4 cm³/mol. The molecule has 23 heavy (non-hydrogen) atoms. The summed E-state index contributed by atoms with van der Waals surface area (Å²) in [4.78, 5) is 8.55. The van der Waals surface area contributed by atoms with Crippen molar-refractivity contribution in [1.82, 2.24) is 24.5 Å². The lowest BCUT2D eigenvalue weighted by Crippen LogP contribution is -2.29. The first kappa shape index (κ1) is 15.4. The average Bonchev–Trinajstić information content (AvgIpc) is 2.95. The van der Waals surface area contributed by atoms with E-state index in [1.165, 1.54) is 6.33 Å². The maximum atomic E-state index is 12.1. The van der Waals surface area contributed by atoms with E-state index in [0.29, 0.717) is 18.0 Å².